The van der Waals surface area contributed by atoms with Gasteiger partial charge in [-0.05, 0) is 0 Å². The molecule has 0 aliphatic rings. The Labute approximate surface area is 125 Å². The molecule has 0 radical (unpaired) electrons. The summed E-state index contributed by atoms with van der Waals surface area (Å²) in [6.45, 7) is 1.78. The van der Waals surface area contributed by atoms with E-state index in [-0.39, 0.29) is 0 Å². The van der Waals surface area contributed by atoms with E-state index in [1.165, 1.54) is 0 Å². The molecule has 0 unspecified atom stereocenters. The standard InChI is InChI=1S/C16H21N3O2/c1-17-16-12-14(13-6-4-3-5-7-13)18-15(19-16)8-9-21-11-10-20-2/h3-7,12H,8-11H2,1-2H3,(H,17,18,19). The SMILES string of the molecule is CNc1cc(-c2ccccc2)nc(CCOCCOC)n1. The zero-order valence-electron chi connectivity index (χ0n) is 12.5. The zero-order valence-corrected chi connectivity index (χ0v) is 12.5. The molecule has 0 aliphatic carbocycles. The van der Waals surface area contributed by atoms with Crippen LogP contribution in [0.25, 0.3) is 11.3 Å². The van der Waals surface area contributed by atoms with Gasteiger partial charge in [-0.25, -0.2) is 9.97 Å². The van der Waals surface area contributed by atoms with Gasteiger partial charge in [-0.2, -0.15) is 0 Å². The smallest absolute Gasteiger partial charge is 0.133 e. The maximum absolute atomic E-state index is 5.47. The summed E-state index contributed by atoms with van der Waals surface area (Å²) < 4.78 is 10.4. The van der Waals surface area contributed by atoms with Gasteiger partial charge in [0.1, 0.15) is 11.6 Å². The minimum Gasteiger partial charge on any atom is -0.382 e. The Kier molecular flexibility index (Phi) is 6.12. The summed E-state index contributed by atoms with van der Waals surface area (Å²) in [4.78, 5) is 9.07. The van der Waals surface area contributed by atoms with E-state index < -0.39 is 0 Å². The number of nitrogens with one attached hydrogen (secondary N) is 1. The van der Waals surface area contributed by atoms with Crippen LogP contribution in [0.2, 0.25) is 0 Å². The van der Waals surface area contributed by atoms with Crippen molar-refractivity contribution < 1.29 is 9.47 Å². The van der Waals surface area contributed by atoms with Crippen molar-refractivity contribution in [3.63, 3.8) is 0 Å². The van der Waals surface area contributed by atoms with Gasteiger partial charge in [0.05, 0.1) is 25.5 Å². The van der Waals surface area contributed by atoms with Crippen LogP contribution in [-0.4, -0.2) is 43.9 Å². The van der Waals surface area contributed by atoms with Gasteiger partial charge in [0.25, 0.3) is 0 Å². The Hall–Kier alpha value is -1.98. The first-order valence-electron chi connectivity index (χ1n) is 7.01. The molecule has 1 heterocycles. The summed E-state index contributed by atoms with van der Waals surface area (Å²) >= 11 is 0. The van der Waals surface area contributed by atoms with Gasteiger partial charge >= 0.3 is 0 Å². The van der Waals surface area contributed by atoms with Crippen LogP contribution in [0.1, 0.15) is 5.82 Å². The average molecular weight is 287 g/mol. The molecular formula is C16H21N3O2. The topological polar surface area (TPSA) is 56.3 Å². The van der Waals surface area contributed by atoms with Crippen LogP contribution in [0.5, 0.6) is 0 Å². The maximum Gasteiger partial charge on any atom is 0.133 e. The summed E-state index contributed by atoms with van der Waals surface area (Å²) in [6.07, 6.45) is 0.680. The first-order chi connectivity index (χ1) is 10.3. The molecule has 0 fully saturated rings. The third-order valence-electron chi connectivity index (χ3n) is 3.00. The molecule has 0 amide bonds. The van der Waals surface area contributed by atoms with Crippen molar-refractivity contribution in [2.75, 3.05) is 39.3 Å². The fourth-order valence-corrected chi connectivity index (χ4v) is 1.90. The monoisotopic (exact) mass is 287 g/mol. The largest absolute Gasteiger partial charge is 0.382 e. The second-order valence-corrected chi connectivity index (χ2v) is 4.53. The number of anilines is 1. The molecule has 2 aromatic rings. The fraction of sp³-hybridized carbons (Fsp3) is 0.375. The number of nitrogens with zero attached hydrogens (tertiary/aromatic N) is 2. The molecule has 1 aromatic carbocycles. The Morgan fingerprint density at radius 1 is 1.05 bits per heavy atom. The van der Waals surface area contributed by atoms with Gasteiger partial charge in [-0.3, -0.25) is 0 Å². The highest BCUT2D eigenvalue weighted by Crippen LogP contribution is 2.19. The van der Waals surface area contributed by atoms with Crippen molar-refractivity contribution in [1.82, 2.24) is 9.97 Å². The quantitative estimate of drug-likeness (QED) is 0.756. The first kappa shape index (κ1) is 15.4. The van der Waals surface area contributed by atoms with Crippen molar-refractivity contribution in [2.45, 2.75) is 6.42 Å². The summed E-state index contributed by atoms with van der Waals surface area (Å²) in [7, 11) is 3.52. The van der Waals surface area contributed by atoms with E-state index in [1.54, 1.807) is 7.11 Å². The summed E-state index contributed by atoms with van der Waals surface area (Å²) in [5, 5.41) is 3.08. The molecule has 1 N–H and O–H groups in total. The number of methoxy groups -OCH3 is 1. The summed E-state index contributed by atoms with van der Waals surface area (Å²) in [6, 6.07) is 12.0. The van der Waals surface area contributed by atoms with Crippen LogP contribution in [0.15, 0.2) is 36.4 Å². The lowest BCUT2D eigenvalue weighted by Gasteiger charge is -2.08. The van der Waals surface area contributed by atoms with E-state index in [9.17, 15) is 0 Å². The van der Waals surface area contributed by atoms with E-state index in [4.69, 9.17) is 9.47 Å². The Bertz CT molecular complexity index is 546. The Morgan fingerprint density at radius 2 is 1.86 bits per heavy atom. The van der Waals surface area contributed by atoms with E-state index in [0.717, 1.165) is 22.9 Å². The molecule has 0 atom stereocenters. The Morgan fingerprint density at radius 3 is 2.57 bits per heavy atom. The predicted molar refractivity (Wildman–Crippen MR) is 83.4 cm³/mol. The highest BCUT2D eigenvalue weighted by atomic mass is 16.5. The molecule has 0 spiro atoms. The van der Waals surface area contributed by atoms with Gasteiger partial charge < -0.3 is 14.8 Å². The number of benzene rings is 1. The highest BCUT2D eigenvalue weighted by Gasteiger charge is 2.06. The van der Waals surface area contributed by atoms with Crippen LogP contribution >= 0.6 is 0 Å². The fourth-order valence-electron chi connectivity index (χ4n) is 1.90. The molecular weight excluding hydrogens is 266 g/mol. The van der Waals surface area contributed by atoms with Crippen LogP contribution in [0, 0.1) is 0 Å². The zero-order chi connectivity index (χ0) is 14.9. The molecule has 0 saturated carbocycles. The molecule has 21 heavy (non-hydrogen) atoms. The second-order valence-electron chi connectivity index (χ2n) is 4.53. The first-order valence-corrected chi connectivity index (χ1v) is 7.01. The minimum absolute atomic E-state index is 0.588. The van der Waals surface area contributed by atoms with Crippen molar-refractivity contribution in [3.8, 4) is 11.3 Å². The molecule has 0 aliphatic heterocycles. The number of aromatic nitrogens is 2. The van der Waals surface area contributed by atoms with Gasteiger partial charge in [-0.1, -0.05) is 30.3 Å². The van der Waals surface area contributed by atoms with E-state index in [2.05, 4.69) is 15.3 Å². The molecule has 1 aromatic heterocycles. The van der Waals surface area contributed by atoms with Gasteiger partial charge in [0.15, 0.2) is 0 Å². The van der Waals surface area contributed by atoms with Crippen LogP contribution in [0.4, 0.5) is 5.82 Å². The second kappa shape index (κ2) is 8.34. The van der Waals surface area contributed by atoms with Crippen LogP contribution in [0.3, 0.4) is 0 Å². The van der Waals surface area contributed by atoms with Crippen molar-refractivity contribution in [1.29, 1.82) is 0 Å². The van der Waals surface area contributed by atoms with E-state index in [1.807, 2.05) is 43.4 Å². The normalized spacial score (nSPS) is 10.6. The molecule has 112 valence electrons. The number of rotatable bonds is 8. The van der Waals surface area contributed by atoms with Crippen LogP contribution < -0.4 is 5.32 Å². The lowest BCUT2D eigenvalue weighted by molar-refractivity contribution is 0.0716. The average Bonchev–Trinajstić information content (AvgIpc) is 2.55. The van der Waals surface area contributed by atoms with E-state index in [0.29, 0.717) is 26.2 Å². The molecule has 0 bridgehead atoms. The van der Waals surface area contributed by atoms with Gasteiger partial charge in [0, 0.05) is 32.2 Å². The minimum atomic E-state index is 0.588. The number of ether oxygens (including phenoxy) is 2. The van der Waals surface area contributed by atoms with Crippen LogP contribution in [-0.2, 0) is 15.9 Å². The van der Waals surface area contributed by atoms with Crippen molar-refractivity contribution in [2.24, 2.45) is 0 Å². The Balaban J connectivity index is 2.07. The third kappa shape index (κ3) is 4.81. The van der Waals surface area contributed by atoms with Gasteiger partial charge in [0.2, 0.25) is 0 Å². The van der Waals surface area contributed by atoms with E-state index >= 15 is 0 Å². The summed E-state index contributed by atoms with van der Waals surface area (Å²) in [5.74, 6) is 1.59. The number of hydrogen-bond donors (Lipinski definition) is 1. The highest BCUT2D eigenvalue weighted by molar-refractivity contribution is 5.62. The van der Waals surface area contributed by atoms with Crippen molar-refractivity contribution >= 4 is 5.82 Å². The predicted octanol–water partition coefficient (Wildman–Crippen LogP) is 2.39. The van der Waals surface area contributed by atoms with Crippen molar-refractivity contribution in [3.05, 3.63) is 42.2 Å². The molecule has 5 heteroatoms. The molecule has 0 saturated heterocycles. The number of hydrogen-bond acceptors (Lipinski definition) is 5. The molecule has 5 nitrogen and oxygen atoms in total. The molecule has 2 rings (SSSR count). The van der Waals surface area contributed by atoms with Gasteiger partial charge in [-0.15, -0.1) is 0 Å². The summed E-state index contributed by atoms with van der Waals surface area (Å²) in [5.41, 5.74) is 2.00. The lowest BCUT2D eigenvalue weighted by Crippen LogP contribution is -2.08. The maximum atomic E-state index is 5.47. The third-order valence-corrected chi connectivity index (χ3v) is 3.00. The lowest BCUT2D eigenvalue weighted by atomic mass is 10.1.